The Morgan fingerprint density at radius 1 is 1.00 bits per heavy atom. The molecule has 0 radical (unpaired) electrons. The number of H-pyrrole nitrogens is 1. The molecule has 15 nitrogen and oxygen atoms in total. The molecule has 18 heteroatoms. The molecule has 0 bridgehead atoms. The summed E-state index contributed by atoms with van der Waals surface area (Å²) in [6.07, 6.45) is 7.03. The summed E-state index contributed by atoms with van der Waals surface area (Å²) in [6.45, 7) is 6.98. The van der Waals surface area contributed by atoms with Gasteiger partial charge in [0.05, 0.1) is 32.0 Å². The highest BCUT2D eigenvalue weighted by Gasteiger charge is 2.59. The van der Waals surface area contributed by atoms with Gasteiger partial charge >= 0.3 is 11.4 Å². The Bertz CT molecular complexity index is 3210. The molecule has 0 spiro atoms. The minimum absolute atomic E-state index is 0.00709. The number of aromatic amines is 1. The summed E-state index contributed by atoms with van der Waals surface area (Å²) in [5, 5.41) is 4.99. The van der Waals surface area contributed by atoms with Gasteiger partial charge in [0.1, 0.15) is 28.7 Å². The molecule has 338 valence electrons. The Morgan fingerprint density at radius 2 is 1.77 bits per heavy atom. The third-order valence-corrected chi connectivity index (χ3v) is 15.6. The molecule has 4 aliphatic rings. The van der Waals surface area contributed by atoms with Crippen molar-refractivity contribution in [2.45, 2.75) is 87.6 Å². The van der Waals surface area contributed by atoms with E-state index in [1.807, 2.05) is 30.5 Å². The number of carbonyl (C=O) groups excluding carboxylic acids is 1. The van der Waals surface area contributed by atoms with Crippen molar-refractivity contribution in [3.05, 3.63) is 140 Å². The first kappa shape index (κ1) is 42.5. The normalized spacial score (nSPS) is 22.7. The molecule has 0 unspecified atom stereocenters. The second-order valence-electron chi connectivity index (χ2n) is 17.7. The number of imidazole rings is 1. The molecular weight excluding hydrogens is 857 g/mol. The SMILES string of the molecule is CC[S@@](=N)(=O)c1ccc(-n2ccn(C(=Nc3ccc(F)c(C4CC4)c3)C3=C(N)CCN(C(=O)c4cc5cc(C6CCOCC6)ccc5n4[C@@]4(c5noc(=O)[nH]5)C[C@@H]4C)[C@H]3C)c2=O)c(F)c1. The number of ether oxygens (including phenoxy) is 1. The highest BCUT2D eigenvalue weighted by molar-refractivity contribution is 7.92. The number of aromatic nitrogens is 5. The maximum atomic E-state index is 15.8. The van der Waals surface area contributed by atoms with Gasteiger partial charge in [0.2, 0.25) is 0 Å². The van der Waals surface area contributed by atoms with Crippen LogP contribution < -0.4 is 17.2 Å². The van der Waals surface area contributed by atoms with E-state index in [0.717, 1.165) is 52.8 Å². The van der Waals surface area contributed by atoms with Crippen molar-refractivity contribution < 1.29 is 27.0 Å². The summed E-state index contributed by atoms with van der Waals surface area (Å²) < 4.78 is 66.7. The Kier molecular flexibility index (Phi) is 10.4. The van der Waals surface area contributed by atoms with Crippen LogP contribution in [0.1, 0.15) is 98.6 Å². The zero-order chi connectivity index (χ0) is 45.5. The van der Waals surface area contributed by atoms with Gasteiger partial charge in [-0.1, -0.05) is 25.1 Å². The van der Waals surface area contributed by atoms with Crippen LogP contribution in [0.3, 0.4) is 0 Å². The Labute approximate surface area is 372 Å². The topological polar surface area (TPSA) is 200 Å². The first-order valence-corrected chi connectivity index (χ1v) is 23.8. The average Bonchev–Trinajstić information content (AvgIpc) is 4.11. The van der Waals surface area contributed by atoms with E-state index < -0.39 is 38.6 Å². The lowest BCUT2D eigenvalue weighted by Gasteiger charge is -2.37. The first-order chi connectivity index (χ1) is 31.2. The number of fused-ring (bicyclic) bond motifs is 1. The largest absolute Gasteiger partial charge is 0.438 e. The minimum Gasteiger partial charge on any atom is -0.402 e. The van der Waals surface area contributed by atoms with Gasteiger partial charge in [-0.25, -0.2) is 32.4 Å². The van der Waals surface area contributed by atoms with E-state index >= 15 is 13.6 Å². The number of aliphatic imine (C=N–C) groups is 1. The average molecular weight is 906 g/mol. The third kappa shape index (κ3) is 7.26. The lowest BCUT2D eigenvalue weighted by molar-refractivity contribution is 0.0697. The number of nitrogens with two attached hydrogens (primary N) is 1. The summed E-state index contributed by atoms with van der Waals surface area (Å²) in [5.74, 6) is -1.55. The van der Waals surface area contributed by atoms with Crippen LogP contribution in [0.4, 0.5) is 14.5 Å². The number of nitrogens with zero attached hydrogens (tertiary/aromatic N) is 6. The van der Waals surface area contributed by atoms with Crippen molar-refractivity contribution in [2.24, 2.45) is 16.6 Å². The monoisotopic (exact) mass is 905 g/mol. The van der Waals surface area contributed by atoms with Crippen molar-refractivity contribution in [3.8, 4) is 5.69 Å². The Morgan fingerprint density at radius 3 is 2.45 bits per heavy atom. The summed E-state index contributed by atoms with van der Waals surface area (Å²) in [5.41, 5.74) is 9.05. The molecule has 5 heterocycles. The number of benzene rings is 3. The summed E-state index contributed by atoms with van der Waals surface area (Å²) in [7, 11) is -3.24. The van der Waals surface area contributed by atoms with Gasteiger partial charge in [0, 0.05) is 66.5 Å². The van der Waals surface area contributed by atoms with Crippen LogP contribution in [-0.4, -0.2) is 76.2 Å². The van der Waals surface area contributed by atoms with Crippen LogP contribution in [0.5, 0.6) is 0 Å². The van der Waals surface area contributed by atoms with E-state index in [1.54, 1.807) is 17.9 Å². The molecule has 6 aromatic rings. The standard InChI is InChI=1S/C47H49F2N9O6S/c1-4-65(51,62)33-9-12-39(36(49)24-33)56-17-18-57(46(56)61)42(52-32-8-10-35(48)34(23-32)29-5-6-29)41-27(3)55(16-13-37(41)50)43(59)40-22-31-21-30(28-14-19-63-20-15-28)7-11-38(31)58(40)47(25-26(47)2)44-53-45(60)64-54-44/h7-12,17-18,21-24,26-29,51H,4-6,13-16,19-20,25,50H2,1-3H3,(H,53,54,60)/t26-,27-,47-,65+/m0/s1. The Balaban J connectivity index is 1.09. The van der Waals surface area contributed by atoms with E-state index in [0.29, 0.717) is 59.6 Å². The van der Waals surface area contributed by atoms with Gasteiger partial charge in [-0.2, -0.15) is 0 Å². The van der Waals surface area contributed by atoms with Crippen molar-refractivity contribution >= 4 is 38.1 Å². The van der Waals surface area contributed by atoms with Crippen LogP contribution in [0.2, 0.25) is 0 Å². The highest BCUT2D eigenvalue weighted by Crippen LogP contribution is 2.56. The lowest BCUT2D eigenvalue weighted by atomic mass is 9.91. The quantitative estimate of drug-likeness (QED) is 0.0943. The van der Waals surface area contributed by atoms with Crippen molar-refractivity contribution in [1.82, 2.24) is 28.7 Å². The molecule has 1 saturated heterocycles. The number of halogens is 2. The van der Waals surface area contributed by atoms with E-state index in [2.05, 4.69) is 22.3 Å². The van der Waals surface area contributed by atoms with Crippen molar-refractivity contribution in [3.63, 3.8) is 0 Å². The van der Waals surface area contributed by atoms with Gasteiger partial charge in [-0.05, 0) is 123 Å². The smallest absolute Gasteiger partial charge is 0.402 e. The Hall–Kier alpha value is -6.40. The molecule has 3 fully saturated rings. The molecule has 2 saturated carbocycles. The van der Waals surface area contributed by atoms with Gasteiger partial charge in [0.25, 0.3) is 5.91 Å². The van der Waals surface area contributed by atoms with Gasteiger partial charge < -0.3 is 19.9 Å². The number of carbonyl (C=O) groups is 1. The second kappa shape index (κ2) is 15.9. The predicted octanol–water partition coefficient (Wildman–Crippen LogP) is 7.25. The van der Waals surface area contributed by atoms with E-state index in [9.17, 15) is 13.8 Å². The molecule has 4 atom stereocenters. The van der Waals surface area contributed by atoms with Gasteiger partial charge in [0.15, 0.2) is 5.82 Å². The second-order valence-corrected chi connectivity index (χ2v) is 20.1. The molecule has 3 aromatic carbocycles. The summed E-state index contributed by atoms with van der Waals surface area (Å²) in [4.78, 5) is 51.8. The number of nitrogens with one attached hydrogen (secondary N) is 2. The van der Waals surface area contributed by atoms with Crippen LogP contribution in [0.15, 0.2) is 108 Å². The summed E-state index contributed by atoms with van der Waals surface area (Å²) >= 11 is 0. The molecule has 65 heavy (non-hydrogen) atoms. The van der Waals surface area contributed by atoms with E-state index in [-0.39, 0.29) is 58.7 Å². The van der Waals surface area contributed by atoms with Crippen LogP contribution in [0.25, 0.3) is 16.6 Å². The first-order valence-electron chi connectivity index (χ1n) is 22.0. The number of hydrogen-bond acceptors (Lipinski definition) is 10. The van der Waals surface area contributed by atoms with Crippen molar-refractivity contribution in [1.29, 1.82) is 4.78 Å². The number of rotatable bonds is 10. The van der Waals surface area contributed by atoms with Gasteiger partial charge in [-0.15, -0.1) is 0 Å². The van der Waals surface area contributed by atoms with Crippen LogP contribution >= 0.6 is 0 Å². The molecule has 4 N–H and O–H groups in total. The van der Waals surface area contributed by atoms with E-state index in [1.165, 1.54) is 41.2 Å². The fourth-order valence-electron chi connectivity index (χ4n) is 9.88. The zero-order valence-corrected chi connectivity index (χ0v) is 37.0. The molecule has 1 amide bonds. The number of amides is 1. The van der Waals surface area contributed by atoms with E-state index in [4.69, 9.17) is 24.8 Å². The fourth-order valence-corrected chi connectivity index (χ4v) is 10.8. The highest BCUT2D eigenvalue weighted by atomic mass is 32.2. The predicted molar refractivity (Wildman–Crippen MR) is 240 cm³/mol. The summed E-state index contributed by atoms with van der Waals surface area (Å²) in [6, 6.07) is 15.5. The maximum absolute atomic E-state index is 15.8. The van der Waals surface area contributed by atoms with Crippen LogP contribution in [0, 0.1) is 22.3 Å². The third-order valence-electron chi connectivity index (χ3n) is 13.8. The molecule has 10 rings (SSSR count). The molecule has 2 aliphatic carbocycles. The molecule has 3 aromatic heterocycles. The molecular formula is C47H49F2N9O6S. The lowest BCUT2D eigenvalue weighted by Crippen LogP contribution is -2.49. The molecule has 2 aliphatic heterocycles. The van der Waals surface area contributed by atoms with Crippen molar-refractivity contribution in [2.75, 3.05) is 25.5 Å². The zero-order valence-electron chi connectivity index (χ0n) is 36.2. The fraction of sp³-hybridized carbons (Fsp3) is 0.383. The maximum Gasteiger partial charge on any atom is 0.438 e. The minimum atomic E-state index is -3.24. The van der Waals surface area contributed by atoms with Crippen LogP contribution in [-0.2, 0) is 20.0 Å². The van der Waals surface area contributed by atoms with Gasteiger partial charge in [-0.3, -0.25) is 23.4 Å². The number of hydrogen-bond donors (Lipinski definition) is 3.